The van der Waals surface area contributed by atoms with E-state index in [0.29, 0.717) is 48.5 Å². The van der Waals surface area contributed by atoms with Crippen molar-refractivity contribution in [1.82, 2.24) is 15.0 Å². The number of hydrogen-bond acceptors (Lipinski definition) is 7. The Labute approximate surface area is 162 Å². The number of hydrogen-bond donors (Lipinski definition) is 0. The smallest absolute Gasteiger partial charge is 0.289 e. The lowest BCUT2D eigenvalue weighted by Crippen LogP contribution is -2.33. The minimum atomic E-state index is -0.131. The van der Waals surface area contributed by atoms with Crippen LogP contribution in [0.1, 0.15) is 36.2 Å². The lowest BCUT2D eigenvalue weighted by molar-refractivity contribution is 0.0720. The zero-order valence-corrected chi connectivity index (χ0v) is 15.6. The summed E-state index contributed by atoms with van der Waals surface area (Å²) in [5.41, 5.74) is 0.786. The van der Waals surface area contributed by atoms with E-state index in [1.807, 2.05) is 18.2 Å². The summed E-state index contributed by atoms with van der Waals surface area (Å²) in [4.78, 5) is 18.8. The molecule has 28 heavy (non-hydrogen) atoms. The fourth-order valence-electron chi connectivity index (χ4n) is 2.96. The van der Waals surface area contributed by atoms with Gasteiger partial charge in [0.15, 0.2) is 17.3 Å². The number of fused-ring (bicyclic) bond motifs is 1. The van der Waals surface area contributed by atoms with E-state index in [1.165, 1.54) is 6.26 Å². The molecule has 0 saturated heterocycles. The fraction of sp³-hybridized carbons (Fsp3) is 0.350. The Hall–Kier alpha value is -3.29. The number of rotatable bonds is 8. The lowest BCUT2D eigenvalue weighted by Gasteiger charge is -2.20. The largest absolute Gasteiger partial charge is 0.459 e. The van der Waals surface area contributed by atoms with Gasteiger partial charge in [-0.15, -0.1) is 0 Å². The van der Waals surface area contributed by atoms with E-state index in [0.717, 1.165) is 18.4 Å². The van der Waals surface area contributed by atoms with Crippen molar-refractivity contribution in [2.75, 3.05) is 19.9 Å². The molecule has 1 amide bonds. The highest BCUT2D eigenvalue weighted by molar-refractivity contribution is 5.91. The molecule has 0 saturated carbocycles. The second-order valence-corrected chi connectivity index (χ2v) is 6.45. The third-order valence-electron chi connectivity index (χ3n) is 4.50. The van der Waals surface area contributed by atoms with Gasteiger partial charge in [0.25, 0.3) is 5.91 Å². The van der Waals surface area contributed by atoms with Crippen LogP contribution in [0, 0.1) is 0 Å². The highest BCUT2D eigenvalue weighted by atomic mass is 16.7. The normalized spacial score (nSPS) is 12.3. The molecule has 3 heterocycles. The molecule has 3 aromatic rings. The summed E-state index contributed by atoms with van der Waals surface area (Å²) in [7, 11) is 0. The van der Waals surface area contributed by atoms with Crippen molar-refractivity contribution in [2.24, 2.45) is 0 Å². The van der Waals surface area contributed by atoms with Crippen LogP contribution in [0.5, 0.6) is 11.5 Å². The van der Waals surface area contributed by atoms with Crippen LogP contribution in [0.4, 0.5) is 0 Å². The SMILES string of the molecule is CCCCN(CCc1nc(-c2ccc3c(c2)OCO3)no1)C(=O)c1ccco1. The van der Waals surface area contributed by atoms with Gasteiger partial charge >= 0.3 is 0 Å². The molecule has 0 unspecified atom stereocenters. The molecule has 0 atom stereocenters. The van der Waals surface area contributed by atoms with Crippen LogP contribution >= 0.6 is 0 Å². The van der Waals surface area contributed by atoms with Crippen LogP contribution in [0.25, 0.3) is 11.4 Å². The monoisotopic (exact) mass is 383 g/mol. The molecular weight excluding hydrogens is 362 g/mol. The molecule has 4 rings (SSSR count). The third kappa shape index (κ3) is 3.85. The summed E-state index contributed by atoms with van der Waals surface area (Å²) in [5.74, 6) is 2.53. The predicted molar refractivity (Wildman–Crippen MR) is 99.1 cm³/mol. The predicted octanol–water partition coefficient (Wildman–Crippen LogP) is 3.54. The molecular formula is C20H21N3O5. The molecule has 8 heteroatoms. The van der Waals surface area contributed by atoms with E-state index in [-0.39, 0.29) is 12.7 Å². The molecule has 0 spiro atoms. The summed E-state index contributed by atoms with van der Waals surface area (Å²) < 4.78 is 21.3. The molecule has 0 bridgehead atoms. The molecule has 1 aliphatic rings. The number of ether oxygens (including phenoxy) is 2. The summed E-state index contributed by atoms with van der Waals surface area (Å²) >= 11 is 0. The zero-order valence-electron chi connectivity index (χ0n) is 15.6. The van der Waals surface area contributed by atoms with Crippen LogP contribution in [0.2, 0.25) is 0 Å². The Bertz CT molecular complexity index is 935. The molecule has 1 aliphatic heterocycles. The number of carbonyl (C=O) groups excluding carboxylic acids is 1. The van der Waals surface area contributed by atoms with Gasteiger partial charge in [-0.2, -0.15) is 4.98 Å². The highest BCUT2D eigenvalue weighted by Crippen LogP contribution is 2.35. The highest BCUT2D eigenvalue weighted by Gasteiger charge is 2.20. The van der Waals surface area contributed by atoms with E-state index in [1.54, 1.807) is 17.0 Å². The lowest BCUT2D eigenvalue weighted by atomic mass is 10.2. The second-order valence-electron chi connectivity index (χ2n) is 6.45. The van der Waals surface area contributed by atoms with Gasteiger partial charge in [-0.05, 0) is 36.8 Å². The first-order valence-electron chi connectivity index (χ1n) is 9.30. The van der Waals surface area contributed by atoms with E-state index in [9.17, 15) is 4.79 Å². The van der Waals surface area contributed by atoms with Gasteiger partial charge in [-0.3, -0.25) is 4.79 Å². The van der Waals surface area contributed by atoms with Gasteiger partial charge in [-0.1, -0.05) is 18.5 Å². The van der Waals surface area contributed by atoms with Crippen molar-refractivity contribution in [1.29, 1.82) is 0 Å². The fourth-order valence-corrected chi connectivity index (χ4v) is 2.96. The first-order chi connectivity index (χ1) is 13.7. The average Bonchev–Trinajstić information content (AvgIpc) is 3.48. The maximum Gasteiger partial charge on any atom is 0.289 e. The molecule has 2 aromatic heterocycles. The van der Waals surface area contributed by atoms with Crippen LogP contribution in [0.3, 0.4) is 0 Å². The molecule has 0 radical (unpaired) electrons. The average molecular weight is 383 g/mol. The topological polar surface area (TPSA) is 90.8 Å². The zero-order chi connectivity index (χ0) is 19.3. The number of nitrogens with zero attached hydrogens (tertiary/aromatic N) is 3. The minimum absolute atomic E-state index is 0.131. The summed E-state index contributed by atoms with van der Waals surface area (Å²) in [6, 6.07) is 8.88. The van der Waals surface area contributed by atoms with Crippen molar-refractivity contribution >= 4 is 5.91 Å². The summed E-state index contributed by atoms with van der Waals surface area (Å²) in [6.45, 7) is 3.43. The quantitative estimate of drug-likeness (QED) is 0.587. The molecule has 8 nitrogen and oxygen atoms in total. The number of carbonyl (C=O) groups is 1. The Morgan fingerprint density at radius 3 is 2.89 bits per heavy atom. The molecule has 1 aromatic carbocycles. The van der Waals surface area contributed by atoms with Crippen molar-refractivity contribution in [3.05, 3.63) is 48.2 Å². The van der Waals surface area contributed by atoms with Crippen LogP contribution < -0.4 is 9.47 Å². The van der Waals surface area contributed by atoms with E-state index >= 15 is 0 Å². The van der Waals surface area contributed by atoms with Gasteiger partial charge in [0.2, 0.25) is 18.5 Å². The number of furan rings is 1. The van der Waals surface area contributed by atoms with Crippen molar-refractivity contribution in [2.45, 2.75) is 26.2 Å². The van der Waals surface area contributed by atoms with Gasteiger partial charge in [0.05, 0.1) is 6.26 Å². The van der Waals surface area contributed by atoms with Crippen LogP contribution in [0.15, 0.2) is 45.5 Å². The first kappa shape index (κ1) is 18.1. The number of benzene rings is 1. The standard InChI is InChI=1S/C20H21N3O5/c1-2-3-9-23(20(24)16-5-4-11-25-16)10-8-18-21-19(22-28-18)14-6-7-15-17(12-14)27-13-26-15/h4-7,11-12H,2-3,8-10,13H2,1H3. The van der Waals surface area contributed by atoms with Gasteiger partial charge < -0.3 is 23.3 Å². The van der Waals surface area contributed by atoms with Crippen molar-refractivity contribution < 1.29 is 23.2 Å². The minimum Gasteiger partial charge on any atom is -0.459 e. The van der Waals surface area contributed by atoms with Gasteiger partial charge in [-0.25, -0.2) is 0 Å². The molecule has 0 fully saturated rings. The number of unbranched alkanes of at least 4 members (excludes halogenated alkanes) is 1. The van der Waals surface area contributed by atoms with E-state index < -0.39 is 0 Å². The Balaban J connectivity index is 1.42. The van der Waals surface area contributed by atoms with Gasteiger partial charge in [0, 0.05) is 25.1 Å². The second kappa shape index (κ2) is 8.16. The molecule has 0 aliphatic carbocycles. The first-order valence-corrected chi connectivity index (χ1v) is 9.30. The Morgan fingerprint density at radius 2 is 2.07 bits per heavy atom. The molecule has 0 N–H and O–H groups in total. The van der Waals surface area contributed by atoms with Crippen LogP contribution in [-0.4, -0.2) is 40.8 Å². The molecule has 146 valence electrons. The summed E-state index contributed by atoms with van der Waals surface area (Å²) in [5, 5.41) is 4.04. The summed E-state index contributed by atoms with van der Waals surface area (Å²) in [6.07, 6.45) is 3.88. The Kier molecular flexibility index (Phi) is 5.27. The number of amides is 1. The maximum absolute atomic E-state index is 12.6. The number of aromatic nitrogens is 2. The third-order valence-corrected chi connectivity index (χ3v) is 4.50. The maximum atomic E-state index is 12.6. The van der Waals surface area contributed by atoms with Crippen LogP contribution in [-0.2, 0) is 6.42 Å². The van der Waals surface area contributed by atoms with Crippen molar-refractivity contribution in [3.8, 4) is 22.9 Å². The van der Waals surface area contributed by atoms with E-state index in [4.69, 9.17) is 18.4 Å². The van der Waals surface area contributed by atoms with Gasteiger partial charge in [0.1, 0.15) is 0 Å². The van der Waals surface area contributed by atoms with E-state index in [2.05, 4.69) is 17.1 Å². The van der Waals surface area contributed by atoms with Crippen molar-refractivity contribution in [3.63, 3.8) is 0 Å². The Morgan fingerprint density at radius 1 is 1.18 bits per heavy atom.